The molecule has 0 aromatic carbocycles. The molecule has 1 aromatic heterocycles. The predicted octanol–water partition coefficient (Wildman–Crippen LogP) is 2.85. The number of rotatable bonds is 3. The summed E-state index contributed by atoms with van der Waals surface area (Å²) in [4.78, 5) is 16.4. The maximum absolute atomic E-state index is 12.2. The van der Waals surface area contributed by atoms with Crippen LogP contribution in [0.1, 0.15) is 42.6 Å². The lowest BCUT2D eigenvalue weighted by Crippen LogP contribution is -2.19. The first-order valence-electron chi connectivity index (χ1n) is 5.86. The highest BCUT2D eigenvalue weighted by Gasteiger charge is 2.25. The van der Waals surface area contributed by atoms with Gasteiger partial charge in [0.15, 0.2) is 5.78 Å². The van der Waals surface area contributed by atoms with E-state index < -0.39 is 0 Å². The molecule has 0 aliphatic heterocycles. The molecule has 0 spiro atoms. The van der Waals surface area contributed by atoms with Gasteiger partial charge in [0, 0.05) is 12.1 Å². The number of ketones is 1. The first-order chi connectivity index (χ1) is 7.83. The largest absolute Gasteiger partial charge is 0.494 e. The van der Waals surface area contributed by atoms with Crippen LogP contribution in [0.4, 0.5) is 0 Å². The number of hydrogen-bond donors (Lipinski definition) is 0. The summed E-state index contributed by atoms with van der Waals surface area (Å²) in [6.45, 7) is 0. The van der Waals surface area contributed by atoms with Crippen molar-refractivity contribution in [2.24, 2.45) is 5.92 Å². The maximum Gasteiger partial charge on any atom is 0.188 e. The highest BCUT2D eigenvalue weighted by atomic mass is 16.5. The van der Waals surface area contributed by atoms with Crippen molar-refractivity contribution in [3.05, 3.63) is 24.0 Å². The highest BCUT2D eigenvalue weighted by molar-refractivity contribution is 5.98. The number of aromatic nitrogens is 1. The third kappa shape index (κ3) is 2.23. The van der Waals surface area contributed by atoms with Gasteiger partial charge in [-0.2, -0.15) is 0 Å². The van der Waals surface area contributed by atoms with E-state index in [4.69, 9.17) is 4.74 Å². The average Bonchev–Trinajstić information content (AvgIpc) is 2.39. The normalized spacial score (nSPS) is 17.1. The van der Waals surface area contributed by atoms with Crippen LogP contribution in [0.5, 0.6) is 5.75 Å². The number of hydrogen-bond acceptors (Lipinski definition) is 3. The van der Waals surface area contributed by atoms with Crippen molar-refractivity contribution in [3.63, 3.8) is 0 Å². The zero-order valence-corrected chi connectivity index (χ0v) is 9.61. The molecule has 1 fully saturated rings. The maximum atomic E-state index is 12.2. The van der Waals surface area contributed by atoms with Gasteiger partial charge in [-0.05, 0) is 25.0 Å². The second-order valence-corrected chi connectivity index (χ2v) is 4.25. The lowest BCUT2D eigenvalue weighted by atomic mass is 9.85. The number of ether oxygens (including phenoxy) is 1. The molecule has 0 amide bonds. The minimum Gasteiger partial charge on any atom is -0.494 e. The molecule has 86 valence electrons. The molecule has 1 aliphatic rings. The van der Waals surface area contributed by atoms with Gasteiger partial charge in [-0.25, -0.2) is 4.98 Å². The van der Waals surface area contributed by atoms with Crippen LogP contribution in [0, 0.1) is 5.92 Å². The van der Waals surface area contributed by atoms with Crippen LogP contribution < -0.4 is 4.74 Å². The van der Waals surface area contributed by atoms with Crippen LogP contribution in [-0.2, 0) is 0 Å². The van der Waals surface area contributed by atoms with Crippen LogP contribution >= 0.6 is 0 Å². The van der Waals surface area contributed by atoms with Gasteiger partial charge in [0.05, 0.1) is 7.11 Å². The molecule has 0 bridgehead atoms. The summed E-state index contributed by atoms with van der Waals surface area (Å²) >= 11 is 0. The van der Waals surface area contributed by atoms with Crippen LogP contribution in [0.3, 0.4) is 0 Å². The van der Waals surface area contributed by atoms with Gasteiger partial charge in [-0.15, -0.1) is 0 Å². The first-order valence-corrected chi connectivity index (χ1v) is 5.86. The second-order valence-electron chi connectivity index (χ2n) is 4.25. The molecule has 0 radical (unpaired) electrons. The number of carbonyl (C=O) groups excluding carboxylic acids is 1. The fourth-order valence-electron chi connectivity index (χ4n) is 2.30. The molecule has 0 saturated heterocycles. The molecule has 3 heteroatoms. The summed E-state index contributed by atoms with van der Waals surface area (Å²) in [6, 6.07) is 3.58. The zero-order chi connectivity index (χ0) is 11.4. The fourth-order valence-corrected chi connectivity index (χ4v) is 2.30. The van der Waals surface area contributed by atoms with Crippen LogP contribution in [0.2, 0.25) is 0 Å². The van der Waals surface area contributed by atoms with Crippen molar-refractivity contribution in [3.8, 4) is 5.75 Å². The topological polar surface area (TPSA) is 39.2 Å². The molecule has 0 unspecified atom stereocenters. The number of carbonyl (C=O) groups is 1. The van der Waals surface area contributed by atoms with E-state index in [0.717, 1.165) is 25.7 Å². The summed E-state index contributed by atoms with van der Waals surface area (Å²) in [5.41, 5.74) is 0.497. The Bertz CT molecular complexity index is 370. The van der Waals surface area contributed by atoms with E-state index >= 15 is 0 Å². The molecule has 3 nitrogen and oxygen atoms in total. The molecule has 0 N–H and O–H groups in total. The minimum absolute atomic E-state index is 0.150. The Labute approximate surface area is 95.8 Å². The van der Waals surface area contributed by atoms with Crippen LogP contribution in [-0.4, -0.2) is 17.9 Å². The lowest BCUT2D eigenvalue weighted by Gasteiger charge is -2.20. The third-order valence-corrected chi connectivity index (χ3v) is 3.20. The van der Waals surface area contributed by atoms with Gasteiger partial charge in [-0.3, -0.25) is 4.79 Å². The standard InChI is InChI=1S/C13H17NO2/c1-16-11-8-5-9-14-12(11)13(15)10-6-3-2-4-7-10/h5,8-10H,2-4,6-7H2,1H3. The SMILES string of the molecule is COc1cccnc1C(=O)C1CCCCC1. The smallest absolute Gasteiger partial charge is 0.188 e. The summed E-state index contributed by atoms with van der Waals surface area (Å²) in [5, 5.41) is 0. The Hall–Kier alpha value is -1.38. The molecule has 1 heterocycles. The van der Waals surface area contributed by atoms with E-state index in [9.17, 15) is 4.79 Å². The van der Waals surface area contributed by atoms with E-state index in [-0.39, 0.29) is 11.7 Å². The molecule has 16 heavy (non-hydrogen) atoms. The van der Waals surface area contributed by atoms with E-state index in [1.165, 1.54) is 6.42 Å². The quantitative estimate of drug-likeness (QED) is 0.734. The Morgan fingerprint density at radius 1 is 1.38 bits per heavy atom. The molecule has 0 atom stereocenters. The van der Waals surface area contributed by atoms with Crippen molar-refractivity contribution < 1.29 is 9.53 Å². The summed E-state index contributed by atoms with van der Waals surface area (Å²) < 4.78 is 5.17. The molecule has 1 aromatic rings. The second kappa shape index (κ2) is 5.10. The summed E-state index contributed by atoms with van der Waals surface area (Å²) in [7, 11) is 1.58. The highest BCUT2D eigenvalue weighted by Crippen LogP contribution is 2.28. The van der Waals surface area contributed by atoms with Gasteiger partial charge < -0.3 is 4.74 Å². The van der Waals surface area contributed by atoms with Crippen molar-refractivity contribution in [2.75, 3.05) is 7.11 Å². The molecular formula is C13H17NO2. The van der Waals surface area contributed by atoms with Crippen LogP contribution in [0.15, 0.2) is 18.3 Å². The number of Topliss-reactive ketones (excluding diaryl/α,β-unsaturated/α-hetero) is 1. The van der Waals surface area contributed by atoms with Crippen molar-refractivity contribution >= 4 is 5.78 Å². The van der Waals surface area contributed by atoms with Gasteiger partial charge in [0.1, 0.15) is 11.4 Å². The summed E-state index contributed by atoms with van der Waals surface area (Å²) in [5.74, 6) is 0.896. The monoisotopic (exact) mass is 219 g/mol. The Morgan fingerprint density at radius 2 is 2.12 bits per heavy atom. The van der Waals surface area contributed by atoms with E-state index in [0.29, 0.717) is 11.4 Å². The summed E-state index contributed by atoms with van der Waals surface area (Å²) in [6.07, 6.45) is 7.22. The van der Waals surface area contributed by atoms with E-state index in [2.05, 4.69) is 4.98 Å². The van der Waals surface area contributed by atoms with E-state index in [1.807, 2.05) is 0 Å². The van der Waals surface area contributed by atoms with Crippen LogP contribution in [0.25, 0.3) is 0 Å². The lowest BCUT2D eigenvalue weighted by molar-refractivity contribution is 0.0881. The molecule has 1 aliphatic carbocycles. The van der Waals surface area contributed by atoms with Crippen molar-refractivity contribution in [2.45, 2.75) is 32.1 Å². The van der Waals surface area contributed by atoms with Gasteiger partial charge in [-0.1, -0.05) is 19.3 Å². The average molecular weight is 219 g/mol. The number of pyridine rings is 1. The zero-order valence-electron chi connectivity index (χ0n) is 9.61. The van der Waals surface area contributed by atoms with Gasteiger partial charge in [0.2, 0.25) is 0 Å². The Kier molecular flexibility index (Phi) is 3.54. The first kappa shape index (κ1) is 11.1. The van der Waals surface area contributed by atoms with Crippen molar-refractivity contribution in [1.29, 1.82) is 0 Å². The third-order valence-electron chi connectivity index (χ3n) is 3.20. The van der Waals surface area contributed by atoms with E-state index in [1.54, 1.807) is 25.4 Å². The Morgan fingerprint density at radius 3 is 2.81 bits per heavy atom. The van der Waals surface area contributed by atoms with Crippen molar-refractivity contribution in [1.82, 2.24) is 4.98 Å². The minimum atomic E-state index is 0.150. The number of methoxy groups -OCH3 is 1. The molecule has 2 rings (SSSR count). The Balaban J connectivity index is 2.19. The van der Waals surface area contributed by atoms with Gasteiger partial charge in [0.25, 0.3) is 0 Å². The fraction of sp³-hybridized carbons (Fsp3) is 0.538. The molecule has 1 saturated carbocycles. The van der Waals surface area contributed by atoms with Gasteiger partial charge >= 0.3 is 0 Å². The number of nitrogens with zero attached hydrogens (tertiary/aromatic N) is 1. The predicted molar refractivity (Wildman–Crippen MR) is 61.7 cm³/mol. The molecular weight excluding hydrogens is 202 g/mol.